The molecule has 0 aromatic carbocycles. The fourth-order valence-electron chi connectivity index (χ4n) is 1.57. The number of nitrogens with one attached hydrogen (secondary N) is 1. The van der Waals surface area contributed by atoms with Crippen LogP contribution in [-0.2, 0) is 24.3 Å². The lowest BCUT2D eigenvalue weighted by Crippen LogP contribution is -2.35. The van der Waals surface area contributed by atoms with Gasteiger partial charge in [0.15, 0.2) is 5.79 Å². The number of rotatable bonds is 7. The highest BCUT2D eigenvalue weighted by Gasteiger charge is 2.33. The van der Waals surface area contributed by atoms with Crippen molar-refractivity contribution in [2.45, 2.75) is 38.6 Å². The van der Waals surface area contributed by atoms with E-state index in [9.17, 15) is 13.2 Å². The summed E-state index contributed by atoms with van der Waals surface area (Å²) < 4.78 is 36.2. The molecule has 0 aromatic heterocycles. The zero-order valence-corrected chi connectivity index (χ0v) is 11.3. The molecule has 0 bridgehead atoms. The second kappa shape index (κ2) is 5.96. The minimum Gasteiger partial charge on any atom is -0.481 e. The Hall–Kier alpha value is -0.700. The third-order valence-corrected chi connectivity index (χ3v) is 3.83. The van der Waals surface area contributed by atoms with Crippen LogP contribution >= 0.6 is 0 Å². The molecule has 1 unspecified atom stereocenters. The zero-order valence-electron chi connectivity index (χ0n) is 10.5. The highest BCUT2D eigenvalue weighted by Crippen LogP contribution is 2.21. The van der Waals surface area contributed by atoms with Gasteiger partial charge in [0, 0.05) is 13.0 Å². The molecule has 0 aliphatic carbocycles. The molecular weight excluding hydrogens is 262 g/mol. The molecule has 8 heteroatoms. The largest absolute Gasteiger partial charge is 0.481 e. The van der Waals surface area contributed by atoms with Crippen LogP contribution in [-0.4, -0.2) is 50.3 Å². The van der Waals surface area contributed by atoms with Crippen LogP contribution in [0.15, 0.2) is 0 Å². The Balaban J connectivity index is 2.27. The molecule has 7 nitrogen and oxygen atoms in total. The smallest absolute Gasteiger partial charge is 0.303 e. The van der Waals surface area contributed by atoms with E-state index in [0.717, 1.165) is 0 Å². The summed E-state index contributed by atoms with van der Waals surface area (Å²) in [6, 6.07) is 0. The van der Waals surface area contributed by atoms with E-state index in [0.29, 0.717) is 6.61 Å². The fourth-order valence-corrected chi connectivity index (χ4v) is 2.68. The Morgan fingerprint density at radius 3 is 2.67 bits per heavy atom. The van der Waals surface area contributed by atoms with Gasteiger partial charge >= 0.3 is 5.97 Å². The summed E-state index contributed by atoms with van der Waals surface area (Å²) in [6.07, 6.45) is -0.371. The van der Waals surface area contributed by atoms with Crippen molar-refractivity contribution in [3.8, 4) is 0 Å². The Bertz CT molecular complexity index is 391. The summed E-state index contributed by atoms with van der Waals surface area (Å²) in [5.74, 6) is -1.88. The highest BCUT2D eigenvalue weighted by atomic mass is 32.2. The number of carbonyl (C=O) groups is 1. The summed E-state index contributed by atoms with van der Waals surface area (Å²) >= 11 is 0. The average molecular weight is 281 g/mol. The van der Waals surface area contributed by atoms with E-state index in [1.807, 2.05) is 0 Å². The monoisotopic (exact) mass is 281 g/mol. The number of ether oxygens (including phenoxy) is 2. The maximum Gasteiger partial charge on any atom is 0.303 e. The third kappa shape index (κ3) is 5.76. The van der Waals surface area contributed by atoms with Crippen LogP contribution in [0, 0.1) is 0 Å². The summed E-state index contributed by atoms with van der Waals surface area (Å²) in [5.41, 5.74) is 0. The Morgan fingerprint density at radius 2 is 2.17 bits per heavy atom. The summed E-state index contributed by atoms with van der Waals surface area (Å²) in [6.45, 7) is 3.99. The molecule has 2 N–H and O–H groups in total. The van der Waals surface area contributed by atoms with E-state index >= 15 is 0 Å². The van der Waals surface area contributed by atoms with Crippen LogP contribution in [0.4, 0.5) is 0 Å². The normalized spacial score (nSPS) is 23.1. The average Bonchev–Trinajstić information content (AvgIpc) is 2.55. The van der Waals surface area contributed by atoms with E-state index < -0.39 is 21.8 Å². The van der Waals surface area contributed by atoms with Crippen molar-refractivity contribution in [2.75, 3.05) is 18.9 Å². The van der Waals surface area contributed by atoms with Crippen LogP contribution in [0.25, 0.3) is 0 Å². The lowest BCUT2D eigenvalue weighted by atomic mass is 10.3. The number of carboxylic acid groups (broad SMARTS) is 1. The quantitative estimate of drug-likeness (QED) is 0.677. The number of carboxylic acids is 1. The summed E-state index contributed by atoms with van der Waals surface area (Å²) in [7, 11) is -3.45. The van der Waals surface area contributed by atoms with Crippen molar-refractivity contribution in [3.63, 3.8) is 0 Å². The SMILES string of the molecule is CC1(C)OCC(CNS(=O)(=O)CCCC(=O)O)O1. The van der Waals surface area contributed by atoms with Crippen molar-refractivity contribution in [1.82, 2.24) is 4.72 Å². The van der Waals surface area contributed by atoms with E-state index in [2.05, 4.69) is 4.72 Å². The van der Waals surface area contributed by atoms with Crippen LogP contribution in [0.1, 0.15) is 26.7 Å². The Kier molecular flexibility index (Phi) is 5.09. The van der Waals surface area contributed by atoms with Gasteiger partial charge in [-0.15, -0.1) is 0 Å². The second-order valence-corrected chi connectivity index (χ2v) is 6.54. The lowest BCUT2D eigenvalue weighted by Gasteiger charge is -2.17. The maximum absolute atomic E-state index is 11.5. The predicted molar refractivity (Wildman–Crippen MR) is 63.6 cm³/mol. The van der Waals surface area contributed by atoms with E-state index in [1.165, 1.54) is 0 Å². The van der Waals surface area contributed by atoms with Crippen LogP contribution < -0.4 is 4.72 Å². The molecule has 106 valence electrons. The van der Waals surface area contributed by atoms with Gasteiger partial charge < -0.3 is 14.6 Å². The number of aliphatic carboxylic acids is 1. The van der Waals surface area contributed by atoms with Crippen LogP contribution in [0.3, 0.4) is 0 Å². The first-order chi connectivity index (χ1) is 8.20. The van der Waals surface area contributed by atoms with Gasteiger partial charge in [0.05, 0.1) is 18.5 Å². The molecule has 0 radical (unpaired) electrons. The summed E-state index contributed by atoms with van der Waals surface area (Å²) in [4.78, 5) is 10.3. The standard InChI is InChI=1S/C10H19NO6S/c1-10(2)16-7-8(17-10)6-11-18(14,15)5-3-4-9(12)13/h8,11H,3-7H2,1-2H3,(H,12,13). The topological polar surface area (TPSA) is 102 Å². The lowest BCUT2D eigenvalue weighted by molar-refractivity contribution is -0.138. The van der Waals surface area contributed by atoms with Crippen LogP contribution in [0.5, 0.6) is 0 Å². The molecule has 1 rings (SSSR count). The molecule has 0 aromatic rings. The highest BCUT2D eigenvalue weighted by molar-refractivity contribution is 7.89. The van der Waals surface area contributed by atoms with Gasteiger partial charge in [0.25, 0.3) is 0 Å². The predicted octanol–water partition coefficient (Wildman–Crippen LogP) is -0.0779. The van der Waals surface area contributed by atoms with Crippen LogP contribution in [0.2, 0.25) is 0 Å². The van der Waals surface area contributed by atoms with Crippen molar-refractivity contribution in [2.24, 2.45) is 0 Å². The molecule has 1 atom stereocenters. The first-order valence-electron chi connectivity index (χ1n) is 5.71. The molecule has 1 saturated heterocycles. The molecule has 0 spiro atoms. The molecule has 0 saturated carbocycles. The van der Waals surface area contributed by atoms with Gasteiger partial charge in [0.1, 0.15) is 0 Å². The first kappa shape index (κ1) is 15.4. The van der Waals surface area contributed by atoms with Gasteiger partial charge in [-0.05, 0) is 20.3 Å². The minimum absolute atomic E-state index is 0.0954. The van der Waals surface area contributed by atoms with E-state index in [4.69, 9.17) is 14.6 Å². The van der Waals surface area contributed by atoms with E-state index in [-0.39, 0.29) is 31.2 Å². The minimum atomic E-state index is -3.45. The molecule has 0 amide bonds. The summed E-state index contributed by atoms with van der Waals surface area (Å²) in [5, 5.41) is 8.42. The number of sulfonamides is 1. The third-order valence-electron chi connectivity index (χ3n) is 2.40. The first-order valence-corrected chi connectivity index (χ1v) is 7.36. The molecule has 1 fully saturated rings. The van der Waals surface area contributed by atoms with Crippen molar-refractivity contribution < 1.29 is 27.8 Å². The van der Waals surface area contributed by atoms with Crippen molar-refractivity contribution in [1.29, 1.82) is 0 Å². The van der Waals surface area contributed by atoms with Crippen molar-refractivity contribution in [3.05, 3.63) is 0 Å². The Morgan fingerprint density at radius 1 is 1.50 bits per heavy atom. The zero-order chi connectivity index (χ0) is 13.8. The van der Waals surface area contributed by atoms with Gasteiger partial charge in [0.2, 0.25) is 10.0 Å². The van der Waals surface area contributed by atoms with Gasteiger partial charge in [-0.1, -0.05) is 0 Å². The molecule has 1 aliphatic heterocycles. The fraction of sp³-hybridized carbons (Fsp3) is 0.900. The van der Waals surface area contributed by atoms with Gasteiger partial charge in [-0.3, -0.25) is 4.79 Å². The second-order valence-electron chi connectivity index (χ2n) is 4.62. The van der Waals surface area contributed by atoms with Gasteiger partial charge in [-0.2, -0.15) is 0 Å². The molecule has 1 aliphatic rings. The van der Waals surface area contributed by atoms with Gasteiger partial charge in [-0.25, -0.2) is 13.1 Å². The van der Waals surface area contributed by atoms with E-state index in [1.54, 1.807) is 13.8 Å². The molecular formula is C10H19NO6S. The molecule has 18 heavy (non-hydrogen) atoms. The maximum atomic E-state index is 11.5. The number of hydrogen-bond donors (Lipinski definition) is 2. The Labute approximate surface area is 107 Å². The number of hydrogen-bond acceptors (Lipinski definition) is 5. The molecule has 1 heterocycles. The van der Waals surface area contributed by atoms with Crippen molar-refractivity contribution >= 4 is 16.0 Å².